The lowest BCUT2D eigenvalue weighted by Gasteiger charge is -2.24. The van der Waals surface area contributed by atoms with Crippen molar-refractivity contribution in [2.24, 2.45) is 0 Å². The lowest BCUT2D eigenvalue weighted by molar-refractivity contribution is -0.141. The molecule has 0 aromatic heterocycles. The van der Waals surface area contributed by atoms with E-state index in [-0.39, 0.29) is 24.8 Å². The molecule has 0 aliphatic carbocycles. The third-order valence-electron chi connectivity index (χ3n) is 2.02. The number of likely N-dealkylation sites (N-methyl/N-ethyl adjacent to an activating group) is 1. The molecule has 14 heavy (non-hydrogen) atoms. The second kappa shape index (κ2) is 6.37. The van der Waals surface area contributed by atoms with E-state index in [0.29, 0.717) is 6.61 Å². The molecular weight excluding hydrogens is 186 g/mol. The van der Waals surface area contributed by atoms with Crippen LogP contribution in [0.2, 0.25) is 0 Å². The van der Waals surface area contributed by atoms with Gasteiger partial charge in [-0.2, -0.15) is 0 Å². The van der Waals surface area contributed by atoms with E-state index in [0.717, 1.165) is 0 Å². The fourth-order valence-corrected chi connectivity index (χ4v) is 0.989. The second-order valence-corrected chi connectivity index (χ2v) is 3.20. The molecule has 1 amide bonds. The maximum absolute atomic E-state index is 11.4. The number of nitrogens with zero attached hydrogens (tertiary/aromatic N) is 1. The van der Waals surface area contributed by atoms with Crippen LogP contribution in [0, 0.1) is 0 Å². The zero-order chi connectivity index (χ0) is 11.1. The maximum atomic E-state index is 11.4. The number of hydrogen-bond acceptors (Lipinski definition) is 3. The highest BCUT2D eigenvalue weighted by atomic mass is 16.5. The van der Waals surface area contributed by atoms with Gasteiger partial charge in [0, 0.05) is 20.6 Å². The first kappa shape index (κ1) is 12.9. The van der Waals surface area contributed by atoms with Crippen molar-refractivity contribution in [3.63, 3.8) is 0 Å². The molecule has 1 atom stereocenters. The van der Waals surface area contributed by atoms with Gasteiger partial charge < -0.3 is 14.7 Å². The molecule has 0 heterocycles. The van der Waals surface area contributed by atoms with E-state index >= 15 is 0 Å². The van der Waals surface area contributed by atoms with Crippen LogP contribution < -0.4 is 0 Å². The zero-order valence-electron chi connectivity index (χ0n) is 8.82. The number of amides is 1. The van der Waals surface area contributed by atoms with Crippen molar-refractivity contribution in [1.29, 1.82) is 0 Å². The lowest BCUT2D eigenvalue weighted by Crippen LogP contribution is -2.37. The van der Waals surface area contributed by atoms with Crippen LogP contribution in [0.3, 0.4) is 0 Å². The standard InChI is InChI=1S/C9H17NO4/c1-7(6-14-3)10(2)8(11)4-5-9(12)13/h7H,4-6H2,1-3H3,(H,12,13). The van der Waals surface area contributed by atoms with Crippen molar-refractivity contribution in [3.8, 4) is 0 Å². The zero-order valence-corrected chi connectivity index (χ0v) is 8.82. The number of carboxylic acid groups (broad SMARTS) is 1. The van der Waals surface area contributed by atoms with Crippen molar-refractivity contribution < 1.29 is 19.4 Å². The summed E-state index contributed by atoms with van der Waals surface area (Å²) in [5.74, 6) is -1.12. The quantitative estimate of drug-likeness (QED) is 0.676. The van der Waals surface area contributed by atoms with E-state index < -0.39 is 5.97 Å². The Hall–Kier alpha value is -1.10. The van der Waals surface area contributed by atoms with Crippen molar-refractivity contribution in [2.45, 2.75) is 25.8 Å². The largest absolute Gasteiger partial charge is 0.481 e. The molecule has 0 aliphatic heterocycles. The molecule has 0 aromatic rings. The molecule has 5 heteroatoms. The molecule has 0 rings (SSSR count). The fraction of sp³-hybridized carbons (Fsp3) is 0.778. The van der Waals surface area contributed by atoms with Gasteiger partial charge >= 0.3 is 5.97 Å². The predicted octanol–water partition coefficient (Wildman–Crippen LogP) is 0.344. The van der Waals surface area contributed by atoms with E-state index in [1.54, 1.807) is 14.2 Å². The Morgan fingerprint density at radius 1 is 1.43 bits per heavy atom. The SMILES string of the molecule is COCC(C)N(C)C(=O)CCC(=O)O. The molecule has 5 nitrogen and oxygen atoms in total. The van der Waals surface area contributed by atoms with Gasteiger partial charge in [0.2, 0.25) is 5.91 Å². The van der Waals surface area contributed by atoms with Crippen molar-refractivity contribution >= 4 is 11.9 Å². The third kappa shape index (κ3) is 4.81. The number of ether oxygens (including phenoxy) is 1. The van der Waals surface area contributed by atoms with Gasteiger partial charge in [-0.1, -0.05) is 0 Å². The van der Waals surface area contributed by atoms with E-state index in [9.17, 15) is 9.59 Å². The summed E-state index contributed by atoms with van der Waals surface area (Å²) >= 11 is 0. The highest BCUT2D eigenvalue weighted by Gasteiger charge is 2.15. The van der Waals surface area contributed by atoms with Gasteiger partial charge in [0.05, 0.1) is 19.1 Å². The van der Waals surface area contributed by atoms with E-state index in [1.807, 2.05) is 6.92 Å². The lowest BCUT2D eigenvalue weighted by atomic mass is 10.2. The van der Waals surface area contributed by atoms with Crippen LogP contribution in [-0.2, 0) is 14.3 Å². The first-order valence-electron chi connectivity index (χ1n) is 4.45. The van der Waals surface area contributed by atoms with Gasteiger partial charge in [-0.25, -0.2) is 0 Å². The molecule has 1 unspecified atom stereocenters. The van der Waals surface area contributed by atoms with Gasteiger partial charge in [-0.3, -0.25) is 9.59 Å². The second-order valence-electron chi connectivity index (χ2n) is 3.20. The number of carbonyl (C=O) groups is 2. The van der Waals surface area contributed by atoms with Crippen LogP contribution in [-0.4, -0.2) is 48.7 Å². The van der Waals surface area contributed by atoms with Crippen LogP contribution in [0.1, 0.15) is 19.8 Å². The van der Waals surface area contributed by atoms with Crippen molar-refractivity contribution in [1.82, 2.24) is 4.90 Å². The van der Waals surface area contributed by atoms with E-state index in [2.05, 4.69) is 0 Å². The molecule has 0 bridgehead atoms. The highest BCUT2D eigenvalue weighted by molar-refractivity contribution is 5.80. The minimum absolute atomic E-state index is 0.0266. The van der Waals surface area contributed by atoms with Crippen LogP contribution >= 0.6 is 0 Å². The summed E-state index contributed by atoms with van der Waals surface area (Å²) in [7, 11) is 3.21. The highest BCUT2D eigenvalue weighted by Crippen LogP contribution is 2.01. The normalized spacial score (nSPS) is 12.2. The molecule has 0 aromatic carbocycles. The summed E-state index contributed by atoms with van der Waals surface area (Å²) in [6.45, 7) is 2.30. The maximum Gasteiger partial charge on any atom is 0.303 e. The molecular formula is C9H17NO4. The summed E-state index contributed by atoms with van der Waals surface area (Å²) in [4.78, 5) is 23.1. The smallest absolute Gasteiger partial charge is 0.303 e. The van der Waals surface area contributed by atoms with Crippen LogP contribution in [0.4, 0.5) is 0 Å². The summed E-state index contributed by atoms with van der Waals surface area (Å²) in [6, 6.07) is -0.0266. The monoisotopic (exact) mass is 203 g/mol. The fourth-order valence-electron chi connectivity index (χ4n) is 0.989. The minimum atomic E-state index is -0.953. The van der Waals surface area contributed by atoms with Crippen LogP contribution in [0.25, 0.3) is 0 Å². The first-order valence-corrected chi connectivity index (χ1v) is 4.45. The number of aliphatic carboxylic acids is 1. The minimum Gasteiger partial charge on any atom is -0.481 e. The molecule has 0 spiro atoms. The topological polar surface area (TPSA) is 66.8 Å². The van der Waals surface area contributed by atoms with Crippen molar-refractivity contribution in [3.05, 3.63) is 0 Å². The van der Waals surface area contributed by atoms with Gasteiger partial charge in [0.1, 0.15) is 0 Å². The molecule has 82 valence electrons. The van der Waals surface area contributed by atoms with Gasteiger partial charge in [0.15, 0.2) is 0 Å². The Morgan fingerprint density at radius 2 is 2.00 bits per heavy atom. The average molecular weight is 203 g/mol. The Labute approximate surface area is 83.6 Å². The Kier molecular flexibility index (Phi) is 5.87. The molecule has 0 radical (unpaired) electrons. The summed E-state index contributed by atoms with van der Waals surface area (Å²) in [6.07, 6.45) is -0.0806. The third-order valence-corrected chi connectivity index (χ3v) is 2.02. The first-order chi connectivity index (χ1) is 6.49. The number of methoxy groups -OCH3 is 1. The Morgan fingerprint density at radius 3 is 2.43 bits per heavy atom. The Bertz CT molecular complexity index is 205. The molecule has 0 aliphatic rings. The summed E-state index contributed by atoms with van der Waals surface area (Å²) in [5, 5.41) is 8.39. The predicted molar refractivity (Wildman–Crippen MR) is 51.0 cm³/mol. The molecule has 0 fully saturated rings. The average Bonchev–Trinajstić information content (AvgIpc) is 2.13. The molecule has 0 saturated heterocycles. The summed E-state index contributed by atoms with van der Waals surface area (Å²) < 4.78 is 4.89. The van der Waals surface area contributed by atoms with Crippen LogP contribution in [0.5, 0.6) is 0 Å². The number of rotatable bonds is 6. The number of carboxylic acids is 1. The molecule has 1 N–H and O–H groups in total. The van der Waals surface area contributed by atoms with Gasteiger partial charge in [0.25, 0.3) is 0 Å². The number of hydrogen-bond donors (Lipinski definition) is 1. The Balaban J connectivity index is 3.91. The van der Waals surface area contributed by atoms with Crippen LogP contribution in [0.15, 0.2) is 0 Å². The van der Waals surface area contributed by atoms with E-state index in [4.69, 9.17) is 9.84 Å². The molecule has 0 saturated carbocycles. The van der Waals surface area contributed by atoms with Gasteiger partial charge in [-0.15, -0.1) is 0 Å². The van der Waals surface area contributed by atoms with Gasteiger partial charge in [-0.05, 0) is 6.92 Å². The van der Waals surface area contributed by atoms with E-state index in [1.165, 1.54) is 4.90 Å². The number of carbonyl (C=O) groups excluding carboxylic acids is 1. The van der Waals surface area contributed by atoms with Crippen molar-refractivity contribution in [2.75, 3.05) is 20.8 Å². The summed E-state index contributed by atoms with van der Waals surface area (Å²) in [5.41, 5.74) is 0.